The van der Waals surface area contributed by atoms with Crippen LogP contribution in [0.1, 0.15) is 11.9 Å². The van der Waals surface area contributed by atoms with Crippen LogP contribution in [0.3, 0.4) is 0 Å². The van der Waals surface area contributed by atoms with Crippen LogP contribution < -0.4 is 19.5 Å². The van der Waals surface area contributed by atoms with Crippen molar-refractivity contribution >= 4 is 22.6 Å². The first-order chi connectivity index (χ1) is 14.2. The first-order valence-corrected chi connectivity index (χ1v) is 9.84. The Hall–Kier alpha value is -3.50. The van der Waals surface area contributed by atoms with Crippen molar-refractivity contribution in [3.8, 4) is 34.6 Å². The second kappa shape index (κ2) is 9.62. The number of nitrogens with zero attached hydrogens (tertiary/aromatic N) is 2. The summed E-state index contributed by atoms with van der Waals surface area (Å²) in [7, 11) is 3.18. The lowest BCUT2D eigenvalue weighted by Crippen LogP contribution is -1.95. The number of anilines is 1. The molecule has 0 bridgehead atoms. The maximum Gasteiger partial charge on any atom is 0.145 e. The van der Waals surface area contributed by atoms with Gasteiger partial charge in [-0.2, -0.15) is 5.26 Å². The third-order valence-electron chi connectivity index (χ3n) is 4.10. The smallest absolute Gasteiger partial charge is 0.145 e. The van der Waals surface area contributed by atoms with Gasteiger partial charge in [-0.05, 0) is 43.3 Å². The third-order valence-corrected chi connectivity index (χ3v) is 4.97. The highest BCUT2D eigenvalue weighted by Crippen LogP contribution is 2.31. The van der Waals surface area contributed by atoms with Gasteiger partial charge in [0.2, 0.25) is 0 Å². The molecule has 0 amide bonds. The van der Waals surface area contributed by atoms with Gasteiger partial charge in [0.05, 0.1) is 32.2 Å². The minimum absolute atomic E-state index is 0.435. The van der Waals surface area contributed by atoms with Crippen molar-refractivity contribution in [2.75, 3.05) is 26.1 Å². The van der Waals surface area contributed by atoms with Gasteiger partial charge >= 0.3 is 0 Å². The molecular weight excluding hydrogens is 386 g/mol. The van der Waals surface area contributed by atoms with E-state index in [0.29, 0.717) is 28.7 Å². The zero-order valence-corrected chi connectivity index (χ0v) is 17.2. The predicted molar refractivity (Wildman–Crippen MR) is 115 cm³/mol. The number of thiazole rings is 1. The molecule has 0 unspecified atom stereocenters. The van der Waals surface area contributed by atoms with Gasteiger partial charge in [-0.15, -0.1) is 11.3 Å². The summed E-state index contributed by atoms with van der Waals surface area (Å²) in [5.41, 5.74) is 2.95. The van der Waals surface area contributed by atoms with E-state index in [1.165, 1.54) is 11.3 Å². The summed E-state index contributed by atoms with van der Waals surface area (Å²) < 4.78 is 16.0. The van der Waals surface area contributed by atoms with Crippen molar-refractivity contribution in [3.63, 3.8) is 0 Å². The third kappa shape index (κ3) is 4.86. The van der Waals surface area contributed by atoms with Gasteiger partial charge < -0.3 is 19.5 Å². The lowest BCUT2D eigenvalue weighted by Gasteiger charge is -2.10. The Bertz CT molecular complexity index is 1040. The Morgan fingerprint density at radius 1 is 1.14 bits per heavy atom. The summed E-state index contributed by atoms with van der Waals surface area (Å²) in [6.45, 7) is 2.58. The minimum Gasteiger partial charge on any atom is -0.497 e. The molecule has 0 aliphatic heterocycles. The van der Waals surface area contributed by atoms with Gasteiger partial charge in [0, 0.05) is 23.2 Å². The molecule has 148 valence electrons. The molecule has 7 heteroatoms. The molecule has 3 rings (SSSR count). The SMILES string of the molecule is CCOc1ccc(-c2csc(C(C#N)=CNc3ccc(OC)cc3OC)n2)cc1. The van der Waals surface area contributed by atoms with Crippen LogP contribution in [0, 0.1) is 11.3 Å². The average molecular weight is 407 g/mol. The van der Waals surface area contributed by atoms with E-state index in [0.717, 1.165) is 22.7 Å². The molecule has 0 saturated carbocycles. The second-order valence-corrected chi connectivity index (χ2v) is 6.73. The van der Waals surface area contributed by atoms with E-state index in [9.17, 15) is 5.26 Å². The fraction of sp³-hybridized carbons (Fsp3) is 0.182. The zero-order chi connectivity index (χ0) is 20.6. The summed E-state index contributed by atoms with van der Waals surface area (Å²) >= 11 is 1.42. The quantitative estimate of drug-likeness (QED) is 0.517. The van der Waals surface area contributed by atoms with Crippen LogP contribution in [-0.2, 0) is 0 Å². The standard InChI is InChI=1S/C22H21N3O3S/c1-4-28-17-7-5-15(6-8-17)20-14-29-22(25-20)16(12-23)13-24-19-10-9-18(26-2)11-21(19)27-3/h5-11,13-14,24H,4H2,1-3H3. The molecule has 29 heavy (non-hydrogen) atoms. The number of methoxy groups -OCH3 is 2. The molecule has 1 aromatic heterocycles. The van der Waals surface area contributed by atoms with Crippen molar-refractivity contribution in [1.82, 2.24) is 4.98 Å². The van der Waals surface area contributed by atoms with Gasteiger partial charge in [-0.3, -0.25) is 0 Å². The molecule has 3 aromatic rings. The molecule has 1 N–H and O–H groups in total. The minimum atomic E-state index is 0.435. The monoisotopic (exact) mass is 407 g/mol. The highest BCUT2D eigenvalue weighted by atomic mass is 32.1. The number of nitrogens with one attached hydrogen (secondary N) is 1. The molecule has 0 aliphatic carbocycles. The second-order valence-electron chi connectivity index (χ2n) is 5.88. The normalized spacial score (nSPS) is 10.9. The Morgan fingerprint density at radius 2 is 1.90 bits per heavy atom. The van der Waals surface area contributed by atoms with Gasteiger partial charge in [-0.1, -0.05) is 0 Å². The Balaban J connectivity index is 1.80. The molecule has 0 fully saturated rings. The van der Waals surface area contributed by atoms with Crippen molar-refractivity contribution < 1.29 is 14.2 Å². The molecule has 2 aromatic carbocycles. The molecule has 0 radical (unpaired) electrons. The molecular formula is C22H21N3O3S. The van der Waals surface area contributed by atoms with E-state index in [4.69, 9.17) is 14.2 Å². The Labute approximate surface area is 174 Å². The maximum absolute atomic E-state index is 9.58. The van der Waals surface area contributed by atoms with E-state index in [-0.39, 0.29) is 0 Å². The van der Waals surface area contributed by atoms with Crippen molar-refractivity contribution in [2.24, 2.45) is 0 Å². The molecule has 1 heterocycles. The fourth-order valence-corrected chi connectivity index (χ4v) is 3.42. The molecule has 0 aliphatic rings. The fourth-order valence-electron chi connectivity index (χ4n) is 2.63. The van der Waals surface area contributed by atoms with Crippen LogP contribution in [-0.4, -0.2) is 25.8 Å². The largest absolute Gasteiger partial charge is 0.497 e. The number of nitriles is 1. The number of allylic oxidation sites excluding steroid dienone is 1. The predicted octanol–water partition coefficient (Wildman–Crippen LogP) is 5.20. The van der Waals surface area contributed by atoms with Gasteiger partial charge in [-0.25, -0.2) is 4.98 Å². The number of hydrogen-bond donors (Lipinski definition) is 1. The van der Waals surface area contributed by atoms with Gasteiger partial charge in [0.25, 0.3) is 0 Å². The van der Waals surface area contributed by atoms with Crippen LogP contribution in [0.25, 0.3) is 16.8 Å². The van der Waals surface area contributed by atoms with Crippen molar-refractivity contribution in [3.05, 3.63) is 59.1 Å². The molecule has 0 spiro atoms. The topological polar surface area (TPSA) is 76.4 Å². The van der Waals surface area contributed by atoms with E-state index in [2.05, 4.69) is 16.4 Å². The number of aromatic nitrogens is 1. The highest BCUT2D eigenvalue weighted by Gasteiger charge is 2.10. The van der Waals surface area contributed by atoms with E-state index in [1.807, 2.05) is 48.7 Å². The zero-order valence-electron chi connectivity index (χ0n) is 16.4. The molecule has 0 saturated heterocycles. The first kappa shape index (κ1) is 20.2. The lowest BCUT2D eigenvalue weighted by molar-refractivity contribution is 0.340. The molecule has 6 nitrogen and oxygen atoms in total. The Morgan fingerprint density at radius 3 is 2.55 bits per heavy atom. The summed E-state index contributed by atoms with van der Waals surface area (Å²) in [6.07, 6.45) is 1.63. The first-order valence-electron chi connectivity index (χ1n) is 8.96. The van der Waals surface area contributed by atoms with Crippen LogP contribution in [0.15, 0.2) is 54.0 Å². The van der Waals surface area contributed by atoms with E-state index < -0.39 is 0 Å². The van der Waals surface area contributed by atoms with Gasteiger partial charge in [0.15, 0.2) is 0 Å². The lowest BCUT2D eigenvalue weighted by atomic mass is 10.2. The van der Waals surface area contributed by atoms with Crippen molar-refractivity contribution in [2.45, 2.75) is 6.92 Å². The van der Waals surface area contributed by atoms with Crippen LogP contribution in [0.5, 0.6) is 17.2 Å². The maximum atomic E-state index is 9.58. The highest BCUT2D eigenvalue weighted by molar-refractivity contribution is 7.11. The Kier molecular flexibility index (Phi) is 6.72. The van der Waals surface area contributed by atoms with Crippen LogP contribution in [0.4, 0.5) is 5.69 Å². The summed E-state index contributed by atoms with van der Waals surface area (Å²) in [5.74, 6) is 2.13. The number of rotatable bonds is 8. The van der Waals surface area contributed by atoms with Crippen LogP contribution in [0.2, 0.25) is 0 Å². The molecule has 0 atom stereocenters. The summed E-state index contributed by atoms with van der Waals surface area (Å²) in [5, 5.41) is 15.3. The van der Waals surface area contributed by atoms with Crippen LogP contribution >= 0.6 is 11.3 Å². The summed E-state index contributed by atoms with van der Waals surface area (Å²) in [4.78, 5) is 4.61. The van der Waals surface area contributed by atoms with E-state index >= 15 is 0 Å². The summed E-state index contributed by atoms with van der Waals surface area (Å²) in [6, 6.07) is 15.4. The van der Waals surface area contributed by atoms with Crippen molar-refractivity contribution in [1.29, 1.82) is 5.26 Å². The van der Waals surface area contributed by atoms with Gasteiger partial charge in [0.1, 0.15) is 33.9 Å². The average Bonchev–Trinajstić information content (AvgIpc) is 3.25. The number of benzene rings is 2. The number of ether oxygens (including phenoxy) is 3. The van der Waals surface area contributed by atoms with E-state index in [1.54, 1.807) is 26.5 Å². The number of hydrogen-bond acceptors (Lipinski definition) is 7.